The van der Waals surface area contributed by atoms with Crippen LogP contribution in [0.2, 0.25) is 0 Å². The third-order valence-corrected chi connectivity index (χ3v) is 2.30. The van der Waals surface area contributed by atoms with Crippen LogP contribution in [0.3, 0.4) is 0 Å². The van der Waals surface area contributed by atoms with Crippen LogP contribution in [0.5, 0.6) is 0 Å². The van der Waals surface area contributed by atoms with E-state index in [1.54, 1.807) is 5.57 Å². The van der Waals surface area contributed by atoms with E-state index < -0.39 is 0 Å². The summed E-state index contributed by atoms with van der Waals surface area (Å²) in [7, 11) is 0. The van der Waals surface area contributed by atoms with Crippen LogP contribution in [-0.2, 0) is 0 Å². The van der Waals surface area contributed by atoms with E-state index >= 15 is 0 Å². The van der Waals surface area contributed by atoms with Crippen LogP contribution in [0.4, 0.5) is 0 Å². The average Bonchev–Trinajstić information content (AvgIpc) is 2.05. The molecule has 1 aliphatic heterocycles. The number of dihydropyridines is 1. The van der Waals surface area contributed by atoms with Crippen LogP contribution in [0.25, 0.3) is 0 Å². The van der Waals surface area contributed by atoms with Gasteiger partial charge in [-0.05, 0) is 37.7 Å². The van der Waals surface area contributed by atoms with E-state index in [1.165, 1.54) is 37.8 Å². The van der Waals surface area contributed by atoms with Gasteiger partial charge in [-0.1, -0.05) is 6.08 Å². The second-order valence-corrected chi connectivity index (χ2v) is 3.05. The number of hydrogen-bond acceptors (Lipinski definition) is 1. The Balaban J connectivity index is 2.19. The molecule has 0 saturated heterocycles. The van der Waals surface area contributed by atoms with Gasteiger partial charge in [0.2, 0.25) is 0 Å². The SMILES string of the molecule is C1=C2CCCCC2=NCC1. The maximum Gasteiger partial charge on any atom is 0.0427 e. The molecule has 1 saturated carbocycles. The predicted molar refractivity (Wildman–Crippen MR) is 43.5 cm³/mol. The Morgan fingerprint density at radius 1 is 1.20 bits per heavy atom. The highest BCUT2D eigenvalue weighted by Crippen LogP contribution is 2.23. The van der Waals surface area contributed by atoms with Crippen molar-refractivity contribution >= 4 is 5.71 Å². The highest BCUT2D eigenvalue weighted by molar-refractivity contribution is 6.01. The van der Waals surface area contributed by atoms with E-state index in [9.17, 15) is 0 Å². The minimum absolute atomic E-state index is 1.04. The smallest absolute Gasteiger partial charge is 0.0427 e. The third-order valence-electron chi connectivity index (χ3n) is 2.30. The van der Waals surface area contributed by atoms with Crippen LogP contribution in [0.1, 0.15) is 32.1 Å². The minimum Gasteiger partial charge on any atom is -0.289 e. The first-order valence-corrected chi connectivity index (χ1v) is 4.19. The van der Waals surface area contributed by atoms with Crippen LogP contribution < -0.4 is 0 Å². The van der Waals surface area contributed by atoms with Crippen molar-refractivity contribution in [1.29, 1.82) is 0 Å². The van der Waals surface area contributed by atoms with Crippen LogP contribution in [0, 0.1) is 0 Å². The summed E-state index contributed by atoms with van der Waals surface area (Å²) in [6.45, 7) is 1.04. The number of hydrogen-bond donors (Lipinski definition) is 0. The molecule has 0 unspecified atom stereocenters. The lowest BCUT2D eigenvalue weighted by Crippen LogP contribution is -2.12. The molecule has 0 aromatic carbocycles. The van der Waals surface area contributed by atoms with Gasteiger partial charge in [0.1, 0.15) is 0 Å². The molecule has 10 heavy (non-hydrogen) atoms. The molecule has 0 atom stereocenters. The fourth-order valence-electron chi connectivity index (χ4n) is 1.75. The highest BCUT2D eigenvalue weighted by atomic mass is 14.7. The average molecular weight is 135 g/mol. The monoisotopic (exact) mass is 135 g/mol. The van der Waals surface area contributed by atoms with Gasteiger partial charge in [-0.2, -0.15) is 0 Å². The predicted octanol–water partition coefficient (Wildman–Crippen LogP) is 2.33. The van der Waals surface area contributed by atoms with Gasteiger partial charge in [-0.3, -0.25) is 4.99 Å². The van der Waals surface area contributed by atoms with Gasteiger partial charge >= 0.3 is 0 Å². The van der Waals surface area contributed by atoms with Gasteiger partial charge in [0.25, 0.3) is 0 Å². The first kappa shape index (κ1) is 6.14. The zero-order valence-electron chi connectivity index (χ0n) is 6.27. The van der Waals surface area contributed by atoms with Crippen molar-refractivity contribution in [3.05, 3.63) is 11.6 Å². The number of fused-ring (bicyclic) bond motifs is 1. The van der Waals surface area contributed by atoms with E-state index in [0.717, 1.165) is 6.54 Å². The lowest BCUT2D eigenvalue weighted by Gasteiger charge is -2.19. The van der Waals surface area contributed by atoms with E-state index in [1.807, 2.05) is 0 Å². The molecule has 1 aliphatic carbocycles. The normalized spacial score (nSPS) is 24.8. The van der Waals surface area contributed by atoms with Gasteiger partial charge in [0.05, 0.1) is 0 Å². The summed E-state index contributed by atoms with van der Waals surface area (Å²) < 4.78 is 0. The molecule has 0 amide bonds. The van der Waals surface area contributed by atoms with E-state index in [-0.39, 0.29) is 0 Å². The van der Waals surface area contributed by atoms with Crippen LogP contribution in [-0.4, -0.2) is 12.3 Å². The maximum atomic E-state index is 4.50. The van der Waals surface area contributed by atoms with Crippen molar-refractivity contribution in [3.63, 3.8) is 0 Å². The van der Waals surface area contributed by atoms with Gasteiger partial charge in [-0.15, -0.1) is 0 Å². The molecule has 1 nitrogen and oxygen atoms in total. The maximum absolute atomic E-state index is 4.50. The molecule has 0 spiro atoms. The molecule has 0 N–H and O–H groups in total. The molecule has 0 bridgehead atoms. The largest absolute Gasteiger partial charge is 0.289 e. The molecular weight excluding hydrogens is 122 g/mol. The third kappa shape index (κ3) is 1.00. The Morgan fingerprint density at radius 2 is 2.10 bits per heavy atom. The number of allylic oxidation sites excluding steroid dienone is 1. The molecule has 1 heterocycles. The van der Waals surface area contributed by atoms with Crippen molar-refractivity contribution in [3.8, 4) is 0 Å². The highest BCUT2D eigenvalue weighted by Gasteiger charge is 2.13. The second-order valence-electron chi connectivity index (χ2n) is 3.05. The number of nitrogens with zero attached hydrogens (tertiary/aromatic N) is 1. The Morgan fingerprint density at radius 3 is 3.00 bits per heavy atom. The van der Waals surface area contributed by atoms with E-state index in [0.29, 0.717) is 0 Å². The lowest BCUT2D eigenvalue weighted by molar-refractivity contribution is 0.718. The van der Waals surface area contributed by atoms with Crippen LogP contribution in [0.15, 0.2) is 16.6 Å². The van der Waals surface area contributed by atoms with E-state index in [4.69, 9.17) is 0 Å². The Labute approximate surface area is 61.9 Å². The van der Waals surface area contributed by atoms with Gasteiger partial charge in [0, 0.05) is 12.3 Å². The summed E-state index contributed by atoms with van der Waals surface area (Å²) in [4.78, 5) is 4.50. The van der Waals surface area contributed by atoms with E-state index in [2.05, 4.69) is 11.1 Å². The lowest BCUT2D eigenvalue weighted by atomic mass is 9.91. The second kappa shape index (κ2) is 2.57. The zero-order chi connectivity index (χ0) is 6.81. The molecule has 0 aromatic heterocycles. The standard InChI is InChI=1S/C9H13N/c1-2-6-9-8(4-1)5-3-7-10-9/h5H,1-4,6-7H2. The molecule has 1 fully saturated rings. The minimum atomic E-state index is 1.04. The Hall–Kier alpha value is -0.590. The Kier molecular flexibility index (Phi) is 1.58. The number of aliphatic imine (C=N–C) groups is 1. The molecule has 0 radical (unpaired) electrons. The van der Waals surface area contributed by atoms with Gasteiger partial charge in [0.15, 0.2) is 0 Å². The molecule has 0 aromatic rings. The molecule has 54 valence electrons. The Bertz CT molecular complexity index is 167. The fraction of sp³-hybridized carbons (Fsp3) is 0.667. The summed E-state index contributed by atoms with van der Waals surface area (Å²) in [5, 5.41) is 0. The topological polar surface area (TPSA) is 12.4 Å². The molecule has 2 rings (SSSR count). The fourth-order valence-corrected chi connectivity index (χ4v) is 1.75. The van der Waals surface area contributed by atoms with Crippen molar-refractivity contribution in [2.75, 3.05) is 6.54 Å². The first-order valence-electron chi connectivity index (χ1n) is 4.19. The van der Waals surface area contributed by atoms with Crippen molar-refractivity contribution in [2.45, 2.75) is 32.1 Å². The van der Waals surface area contributed by atoms with Crippen molar-refractivity contribution < 1.29 is 0 Å². The van der Waals surface area contributed by atoms with Gasteiger partial charge < -0.3 is 0 Å². The molecule has 1 heteroatoms. The number of rotatable bonds is 0. The summed E-state index contributed by atoms with van der Waals surface area (Å²) >= 11 is 0. The summed E-state index contributed by atoms with van der Waals surface area (Å²) in [5.41, 5.74) is 2.97. The van der Waals surface area contributed by atoms with Crippen molar-refractivity contribution in [2.24, 2.45) is 4.99 Å². The quantitative estimate of drug-likeness (QED) is 0.483. The molecular formula is C9H13N. The van der Waals surface area contributed by atoms with Crippen LogP contribution >= 0.6 is 0 Å². The molecule has 2 aliphatic rings. The van der Waals surface area contributed by atoms with Crippen molar-refractivity contribution in [1.82, 2.24) is 0 Å². The zero-order valence-corrected chi connectivity index (χ0v) is 6.27. The summed E-state index contributed by atoms with van der Waals surface area (Å²) in [6.07, 6.45) is 8.83. The summed E-state index contributed by atoms with van der Waals surface area (Å²) in [5.74, 6) is 0. The van der Waals surface area contributed by atoms with Gasteiger partial charge in [-0.25, -0.2) is 0 Å². The first-order chi connectivity index (χ1) is 4.97. The summed E-state index contributed by atoms with van der Waals surface area (Å²) in [6, 6.07) is 0.